The first-order chi connectivity index (χ1) is 14.5. The van der Waals surface area contributed by atoms with Crippen molar-refractivity contribution >= 4 is 38.8 Å². The maximum absolute atomic E-state index is 14.4. The Morgan fingerprint density at radius 2 is 2.00 bits per heavy atom. The van der Waals surface area contributed by atoms with E-state index < -0.39 is 11.8 Å². The first kappa shape index (κ1) is 21.0. The summed E-state index contributed by atoms with van der Waals surface area (Å²) < 4.78 is 21.0. The first-order valence-corrected chi connectivity index (χ1v) is 9.85. The number of rotatable bonds is 7. The number of carbonyl (C=O) groups is 1. The molecule has 3 aromatic rings. The number of fused-ring (bicyclic) bond motifs is 1. The summed E-state index contributed by atoms with van der Waals surface area (Å²) in [5.41, 5.74) is 7.14. The fraction of sp³-hybridized carbons (Fsp3) is 0.0435. The minimum Gasteiger partial charge on any atom is -0.453 e. The second-order valence-corrected chi connectivity index (χ2v) is 7.28. The van der Waals surface area contributed by atoms with Gasteiger partial charge in [0.15, 0.2) is 11.6 Å². The predicted octanol–water partition coefficient (Wildman–Crippen LogP) is 6.42. The molecule has 7 heteroatoms. The van der Waals surface area contributed by atoms with Crippen LogP contribution in [0.3, 0.4) is 0 Å². The standard InChI is InChI=1S/C23H20FN3O2S/c1-3-4-5-6-7-8-15(2)21-14-18-22(30-21)20(11-12-26-18)29-19-10-9-16(13-17(19)24)27-23(25)28/h3-14H,1H2,2H3,(H3,25,27,28)/b5-4+,7-6-,15-8+. The zero-order valence-corrected chi connectivity index (χ0v) is 17.1. The third-order valence-corrected chi connectivity index (χ3v) is 5.27. The third-order valence-electron chi connectivity index (χ3n) is 4.00. The van der Waals surface area contributed by atoms with Gasteiger partial charge in [-0.1, -0.05) is 43.0 Å². The van der Waals surface area contributed by atoms with Gasteiger partial charge in [0.1, 0.15) is 5.75 Å². The Hall–Kier alpha value is -3.71. The summed E-state index contributed by atoms with van der Waals surface area (Å²) >= 11 is 1.52. The average Bonchev–Trinajstić information content (AvgIpc) is 3.15. The number of hydrogen-bond donors (Lipinski definition) is 2. The van der Waals surface area contributed by atoms with Crippen molar-refractivity contribution in [2.45, 2.75) is 6.92 Å². The molecule has 0 radical (unpaired) electrons. The molecular formula is C23H20FN3O2S. The van der Waals surface area contributed by atoms with Gasteiger partial charge >= 0.3 is 6.03 Å². The molecular weight excluding hydrogens is 401 g/mol. The summed E-state index contributed by atoms with van der Waals surface area (Å²) in [6.45, 7) is 5.64. The first-order valence-electron chi connectivity index (χ1n) is 9.03. The van der Waals surface area contributed by atoms with E-state index in [9.17, 15) is 9.18 Å². The van der Waals surface area contributed by atoms with Gasteiger partial charge in [0.2, 0.25) is 0 Å². The highest BCUT2D eigenvalue weighted by atomic mass is 32.1. The molecule has 152 valence electrons. The van der Waals surface area contributed by atoms with Crippen LogP contribution < -0.4 is 15.8 Å². The van der Waals surface area contributed by atoms with Gasteiger partial charge in [0.05, 0.1) is 10.2 Å². The molecule has 2 aromatic heterocycles. The van der Waals surface area contributed by atoms with Crippen LogP contribution in [0.5, 0.6) is 11.5 Å². The summed E-state index contributed by atoms with van der Waals surface area (Å²) in [4.78, 5) is 16.3. The van der Waals surface area contributed by atoms with Crippen LogP contribution in [0.2, 0.25) is 0 Å². The maximum Gasteiger partial charge on any atom is 0.316 e. The van der Waals surface area contributed by atoms with Crippen molar-refractivity contribution in [1.82, 2.24) is 4.98 Å². The minimum atomic E-state index is -0.764. The molecule has 1 aromatic carbocycles. The Kier molecular flexibility index (Phi) is 6.77. The zero-order valence-electron chi connectivity index (χ0n) is 16.3. The lowest BCUT2D eigenvalue weighted by atomic mass is 10.2. The Morgan fingerprint density at radius 1 is 1.20 bits per heavy atom. The number of nitrogens with zero attached hydrogens (tertiary/aromatic N) is 1. The molecule has 0 spiro atoms. The second kappa shape index (κ2) is 9.67. The molecule has 0 aliphatic carbocycles. The van der Waals surface area contributed by atoms with Crippen molar-refractivity contribution in [3.8, 4) is 11.5 Å². The van der Waals surface area contributed by atoms with Gasteiger partial charge in [0, 0.05) is 28.9 Å². The molecule has 5 nitrogen and oxygen atoms in total. The van der Waals surface area contributed by atoms with E-state index in [1.807, 2.05) is 43.4 Å². The maximum atomic E-state index is 14.4. The molecule has 0 atom stereocenters. The van der Waals surface area contributed by atoms with Crippen molar-refractivity contribution < 1.29 is 13.9 Å². The quantitative estimate of drug-likeness (QED) is 0.432. The van der Waals surface area contributed by atoms with Gasteiger partial charge in [-0.2, -0.15) is 0 Å². The summed E-state index contributed by atoms with van der Waals surface area (Å²) in [7, 11) is 0. The fourth-order valence-corrected chi connectivity index (χ4v) is 3.65. The number of halogens is 1. The molecule has 0 fully saturated rings. The number of benzene rings is 1. The lowest BCUT2D eigenvalue weighted by molar-refractivity contribution is 0.259. The van der Waals surface area contributed by atoms with E-state index in [1.54, 1.807) is 18.3 Å². The smallest absolute Gasteiger partial charge is 0.316 e. The molecule has 0 saturated heterocycles. The minimum absolute atomic E-state index is 0.0386. The zero-order chi connectivity index (χ0) is 21.5. The number of allylic oxidation sites excluding steroid dienone is 7. The number of nitrogens with two attached hydrogens (primary N) is 1. The van der Waals surface area contributed by atoms with Crippen molar-refractivity contribution in [2.75, 3.05) is 5.32 Å². The highest BCUT2D eigenvalue weighted by molar-refractivity contribution is 7.20. The van der Waals surface area contributed by atoms with Crippen molar-refractivity contribution in [1.29, 1.82) is 0 Å². The largest absolute Gasteiger partial charge is 0.453 e. The number of urea groups is 1. The number of carbonyl (C=O) groups excluding carboxylic acids is 1. The Bertz CT molecular complexity index is 1180. The van der Waals surface area contributed by atoms with E-state index in [0.29, 0.717) is 5.75 Å². The Labute approximate surface area is 177 Å². The number of ether oxygens (including phenoxy) is 1. The topological polar surface area (TPSA) is 77.2 Å². The Balaban J connectivity index is 1.86. The lowest BCUT2D eigenvalue weighted by Crippen LogP contribution is -2.19. The monoisotopic (exact) mass is 421 g/mol. The van der Waals surface area contributed by atoms with Crippen LogP contribution in [0, 0.1) is 5.82 Å². The molecule has 30 heavy (non-hydrogen) atoms. The molecule has 0 saturated carbocycles. The van der Waals surface area contributed by atoms with Crippen LogP contribution in [-0.4, -0.2) is 11.0 Å². The van der Waals surface area contributed by atoms with E-state index in [4.69, 9.17) is 10.5 Å². The average molecular weight is 421 g/mol. The number of anilines is 1. The number of thiophene rings is 1. The number of hydrogen-bond acceptors (Lipinski definition) is 4. The van der Waals surface area contributed by atoms with E-state index in [-0.39, 0.29) is 11.4 Å². The number of amides is 2. The highest BCUT2D eigenvalue weighted by Gasteiger charge is 2.13. The normalized spacial score (nSPS) is 12.0. The van der Waals surface area contributed by atoms with E-state index in [0.717, 1.165) is 26.7 Å². The van der Waals surface area contributed by atoms with E-state index in [1.165, 1.54) is 23.5 Å². The number of nitrogens with one attached hydrogen (secondary N) is 1. The van der Waals surface area contributed by atoms with Crippen molar-refractivity contribution in [3.05, 3.63) is 90.3 Å². The van der Waals surface area contributed by atoms with Gasteiger partial charge in [0.25, 0.3) is 0 Å². The SMILES string of the molecule is C=C/C=C/C=C\C=C(/C)c1cc2nccc(Oc3ccc(NC(N)=O)cc3F)c2s1. The Morgan fingerprint density at radius 3 is 2.73 bits per heavy atom. The summed E-state index contributed by atoms with van der Waals surface area (Å²) in [6.07, 6.45) is 12.9. The highest BCUT2D eigenvalue weighted by Crippen LogP contribution is 2.38. The van der Waals surface area contributed by atoms with Crippen LogP contribution in [0.25, 0.3) is 15.8 Å². The van der Waals surface area contributed by atoms with E-state index in [2.05, 4.69) is 16.9 Å². The molecule has 0 aliphatic rings. The fourth-order valence-electron chi connectivity index (χ4n) is 2.60. The molecule has 3 N–H and O–H groups in total. The molecule has 0 aliphatic heterocycles. The van der Waals surface area contributed by atoms with Crippen molar-refractivity contribution in [2.24, 2.45) is 5.73 Å². The van der Waals surface area contributed by atoms with Gasteiger partial charge in [-0.3, -0.25) is 4.98 Å². The lowest BCUT2D eigenvalue weighted by Gasteiger charge is -2.09. The number of pyridine rings is 1. The summed E-state index contributed by atoms with van der Waals surface area (Å²) in [5, 5.41) is 2.32. The number of aromatic nitrogens is 1. The van der Waals surface area contributed by atoms with Crippen LogP contribution in [-0.2, 0) is 0 Å². The summed E-state index contributed by atoms with van der Waals surface area (Å²) in [5.74, 6) is -0.0727. The molecule has 3 rings (SSSR count). The molecule has 0 unspecified atom stereocenters. The molecule has 2 heterocycles. The summed E-state index contributed by atoms with van der Waals surface area (Å²) in [6, 6.07) is 7.01. The predicted molar refractivity (Wildman–Crippen MR) is 121 cm³/mol. The van der Waals surface area contributed by atoms with Crippen LogP contribution >= 0.6 is 11.3 Å². The van der Waals surface area contributed by atoms with Gasteiger partial charge in [-0.15, -0.1) is 11.3 Å². The molecule has 2 amide bonds. The number of primary amides is 1. The van der Waals surface area contributed by atoms with Crippen LogP contribution in [0.1, 0.15) is 11.8 Å². The van der Waals surface area contributed by atoms with Gasteiger partial charge < -0.3 is 15.8 Å². The third kappa shape index (κ3) is 5.21. The van der Waals surface area contributed by atoms with Crippen LogP contribution in [0.4, 0.5) is 14.9 Å². The molecule has 0 bridgehead atoms. The van der Waals surface area contributed by atoms with Crippen molar-refractivity contribution in [3.63, 3.8) is 0 Å². The van der Waals surface area contributed by atoms with Gasteiger partial charge in [-0.05, 0) is 30.7 Å². The van der Waals surface area contributed by atoms with Crippen LogP contribution in [0.15, 0.2) is 79.6 Å². The van der Waals surface area contributed by atoms with Gasteiger partial charge in [-0.25, -0.2) is 9.18 Å². The van der Waals surface area contributed by atoms with E-state index >= 15 is 0 Å². The second-order valence-electron chi connectivity index (χ2n) is 6.23.